The predicted molar refractivity (Wildman–Crippen MR) is 140 cm³/mol. The third-order valence-electron chi connectivity index (χ3n) is 6.71. The minimum absolute atomic E-state index is 0.0287. The molecule has 0 bridgehead atoms. The number of benzene rings is 3. The topological polar surface area (TPSA) is 50.9 Å². The Morgan fingerprint density at radius 2 is 1.44 bits per heavy atom. The summed E-state index contributed by atoms with van der Waals surface area (Å²) in [5.74, 6) is 0. The molecule has 1 heterocycles. The molecule has 0 aromatic heterocycles. The van der Waals surface area contributed by atoms with E-state index in [2.05, 4.69) is 21.2 Å². The zero-order chi connectivity index (χ0) is 31.6. The molecule has 1 N–H and O–H groups in total. The molecule has 14 heteroatoms. The van der Waals surface area contributed by atoms with Crippen LogP contribution in [0, 0.1) is 0 Å². The molecule has 1 aliphatic heterocycles. The van der Waals surface area contributed by atoms with Gasteiger partial charge in [0, 0.05) is 4.47 Å². The van der Waals surface area contributed by atoms with Gasteiger partial charge in [-0.15, -0.1) is 0 Å². The number of epoxide rings is 1. The van der Waals surface area contributed by atoms with Crippen LogP contribution in [0.1, 0.15) is 64.8 Å². The first-order valence-electron chi connectivity index (χ1n) is 12.8. The van der Waals surface area contributed by atoms with E-state index in [0.29, 0.717) is 17.7 Å². The Morgan fingerprint density at radius 1 is 0.837 bits per heavy atom. The van der Waals surface area contributed by atoms with Crippen molar-refractivity contribution in [2.45, 2.75) is 62.6 Å². The first kappa shape index (κ1) is 32.6. The Hall–Kier alpha value is -3.26. The van der Waals surface area contributed by atoms with Gasteiger partial charge in [0.2, 0.25) is 0 Å². The van der Waals surface area contributed by atoms with Crippen molar-refractivity contribution in [3.8, 4) is 0 Å². The zero-order valence-electron chi connectivity index (χ0n) is 21.9. The lowest BCUT2D eigenvalue weighted by Gasteiger charge is -2.21. The van der Waals surface area contributed by atoms with Crippen LogP contribution in [-0.4, -0.2) is 12.2 Å². The second-order valence-electron chi connectivity index (χ2n) is 9.86. The molecule has 3 aromatic rings. The van der Waals surface area contributed by atoms with E-state index < -0.39 is 59.6 Å². The van der Waals surface area contributed by atoms with E-state index in [1.54, 1.807) is 30.3 Å². The van der Waals surface area contributed by atoms with Crippen molar-refractivity contribution in [1.29, 1.82) is 0 Å². The van der Waals surface area contributed by atoms with Gasteiger partial charge in [-0.3, -0.25) is 0 Å². The molecule has 1 saturated heterocycles. The van der Waals surface area contributed by atoms with Crippen LogP contribution in [0.5, 0.6) is 0 Å². The molecule has 0 spiro atoms. The highest BCUT2D eigenvalue weighted by Crippen LogP contribution is 2.46. The molecular weight excluding hydrogens is 661 g/mol. The molecule has 1 fully saturated rings. The SMILES string of the molecule is O=C(N[C@@H](CCC[C@@H]1O[C@@H]1c1cc(C(F)(F)F)cc(C(F)(F)F)c1)c1cc(C(F)(F)F)ccc1Br)OCc1ccccc1. The largest absolute Gasteiger partial charge is 0.445 e. The second kappa shape index (κ2) is 12.8. The summed E-state index contributed by atoms with van der Waals surface area (Å²) in [6, 6.07) is 11.8. The fourth-order valence-corrected chi connectivity index (χ4v) is 5.04. The number of hydrogen-bond donors (Lipinski definition) is 1. The Morgan fingerprint density at radius 3 is 2.02 bits per heavy atom. The number of alkyl carbamates (subject to hydrolysis) is 1. The number of nitrogens with one attached hydrogen (secondary N) is 1. The lowest BCUT2D eigenvalue weighted by Crippen LogP contribution is -2.29. The summed E-state index contributed by atoms with van der Waals surface area (Å²) in [6.45, 7) is -0.0996. The Labute approximate surface area is 248 Å². The third-order valence-corrected chi connectivity index (χ3v) is 7.43. The quantitative estimate of drug-likeness (QED) is 0.180. The molecular formula is C29H23BrF9NO3. The van der Waals surface area contributed by atoms with E-state index in [9.17, 15) is 44.3 Å². The highest BCUT2D eigenvalue weighted by atomic mass is 79.9. The minimum Gasteiger partial charge on any atom is -0.445 e. The maximum absolute atomic E-state index is 13.4. The van der Waals surface area contributed by atoms with Gasteiger partial charge in [-0.1, -0.05) is 46.3 Å². The van der Waals surface area contributed by atoms with E-state index in [1.165, 1.54) is 6.07 Å². The van der Waals surface area contributed by atoms with Crippen molar-refractivity contribution in [1.82, 2.24) is 5.32 Å². The maximum atomic E-state index is 13.4. The van der Waals surface area contributed by atoms with Crippen molar-refractivity contribution in [2.24, 2.45) is 0 Å². The molecule has 4 rings (SSSR count). The fourth-order valence-electron chi connectivity index (χ4n) is 4.52. The summed E-state index contributed by atoms with van der Waals surface area (Å²) in [6.07, 6.45) is -16.9. The first-order chi connectivity index (χ1) is 20.0. The summed E-state index contributed by atoms with van der Waals surface area (Å²) in [4.78, 5) is 12.6. The average Bonchev–Trinajstić information content (AvgIpc) is 3.70. The van der Waals surface area contributed by atoms with Crippen molar-refractivity contribution in [3.05, 3.63) is 105 Å². The Balaban J connectivity index is 1.46. The van der Waals surface area contributed by atoms with Gasteiger partial charge in [0.25, 0.3) is 0 Å². The molecule has 43 heavy (non-hydrogen) atoms. The molecule has 1 aliphatic rings. The molecule has 0 saturated carbocycles. The van der Waals surface area contributed by atoms with Crippen molar-refractivity contribution >= 4 is 22.0 Å². The first-order valence-corrected chi connectivity index (χ1v) is 13.6. The number of ether oxygens (including phenoxy) is 2. The summed E-state index contributed by atoms with van der Waals surface area (Å²) < 4.78 is 131. The normalized spacial score (nSPS) is 17.8. The van der Waals surface area contributed by atoms with Crippen LogP contribution in [0.2, 0.25) is 0 Å². The highest BCUT2D eigenvalue weighted by molar-refractivity contribution is 9.10. The van der Waals surface area contributed by atoms with Crippen LogP contribution in [0.25, 0.3) is 0 Å². The second-order valence-corrected chi connectivity index (χ2v) is 10.7. The summed E-state index contributed by atoms with van der Waals surface area (Å²) in [5.41, 5.74) is -3.38. The van der Waals surface area contributed by atoms with Gasteiger partial charge in [-0.2, -0.15) is 39.5 Å². The molecule has 3 atom stereocenters. The summed E-state index contributed by atoms with van der Waals surface area (Å²) >= 11 is 3.21. The van der Waals surface area contributed by atoms with Crippen LogP contribution in [0.15, 0.2) is 71.2 Å². The molecule has 0 aliphatic carbocycles. The maximum Gasteiger partial charge on any atom is 0.416 e. The fraction of sp³-hybridized carbons (Fsp3) is 0.345. The number of carbonyl (C=O) groups is 1. The van der Waals surface area contributed by atoms with Crippen molar-refractivity contribution in [3.63, 3.8) is 0 Å². The van der Waals surface area contributed by atoms with E-state index in [0.717, 1.165) is 12.1 Å². The number of halogens is 10. The molecule has 0 radical (unpaired) electrons. The lowest BCUT2D eigenvalue weighted by atomic mass is 9.96. The molecule has 1 amide bonds. The number of carbonyl (C=O) groups excluding carboxylic acids is 1. The van der Waals surface area contributed by atoms with Crippen LogP contribution in [-0.2, 0) is 34.6 Å². The molecule has 0 unspecified atom stereocenters. The van der Waals surface area contributed by atoms with Crippen LogP contribution in [0.4, 0.5) is 44.3 Å². The summed E-state index contributed by atoms with van der Waals surface area (Å²) in [7, 11) is 0. The number of alkyl halides is 9. The number of rotatable bonds is 9. The van der Waals surface area contributed by atoms with E-state index >= 15 is 0 Å². The Kier molecular flexibility index (Phi) is 9.69. The van der Waals surface area contributed by atoms with Gasteiger partial charge in [0.15, 0.2) is 0 Å². The van der Waals surface area contributed by atoms with E-state index in [1.807, 2.05) is 0 Å². The molecule has 3 aromatic carbocycles. The zero-order valence-corrected chi connectivity index (χ0v) is 23.5. The molecule has 4 nitrogen and oxygen atoms in total. The van der Waals surface area contributed by atoms with Gasteiger partial charge in [0.05, 0.1) is 28.8 Å². The van der Waals surface area contributed by atoms with Crippen molar-refractivity contribution in [2.75, 3.05) is 0 Å². The van der Waals surface area contributed by atoms with Gasteiger partial charge in [-0.05, 0) is 72.4 Å². The third kappa shape index (κ3) is 8.88. The van der Waals surface area contributed by atoms with Gasteiger partial charge in [0.1, 0.15) is 12.7 Å². The number of amides is 1. The minimum atomic E-state index is -5.01. The predicted octanol–water partition coefficient (Wildman–Crippen LogP) is 9.78. The lowest BCUT2D eigenvalue weighted by molar-refractivity contribution is -0.143. The Bertz CT molecular complexity index is 1390. The van der Waals surface area contributed by atoms with Gasteiger partial charge in [-0.25, -0.2) is 4.79 Å². The van der Waals surface area contributed by atoms with Crippen LogP contribution < -0.4 is 5.32 Å². The number of hydrogen-bond acceptors (Lipinski definition) is 3. The standard InChI is InChI=1S/C29H23BrF9NO3/c30-22-10-9-18(27(31,32)33)14-21(22)23(40-26(41)42-15-16-5-2-1-3-6-16)7-4-8-24-25(43-24)17-11-19(28(34,35)36)13-20(12-17)29(37,38)39/h1-3,5-6,9-14,23-25H,4,7-8,15H2,(H,40,41)/t23-,24-,25+/m0/s1. The van der Waals surface area contributed by atoms with Crippen molar-refractivity contribution < 1.29 is 53.8 Å². The monoisotopic (exact) mass is 683 g/mol. The van der Waals surface area contributed by atoms with Gasteiger partial charge >= 0.3 is 24.6 Å². The van der Waals surface area contributed by atoms with Gasteiger partial charge < -0.3 is 14.8 Å². The highest BCUT2D eigenvalue weighted by Gasteiger charge is 2.44. The van der Waals surface area contributed by atoms with Crippen LogP contribution in [0.3, 0.4) is 0 Å². The summed E-state index contributed by atoms with van der Waals surface area (Å²) in [5, 5.41) is 2.56. The average molecular weight is 684 g/mol. The molecule has 232 valence electrons. The smallest absolute Gasteiger partial charge is 0.416 e. The van der Waals surface area contributed by atoms with E-state index in [-0.39, 0.29) is 47.5 Å². The van der Waals surface area contributed by atoms with Crippen LogP contribution >= 0.6 is 15.9 Å². The van der Waals surface area contributed by atoms with E-state index in [4.69, 9.17) is 9.47 Å².